The van der Waals surface area contributed by atoms with Crippen molar-refractivity contribution in [3.8, 4) is 12.3 Å². The molecule has 0 bridgehead atoms. The van der Waals surface area contributed by atoms with E-state index in [1.165, 1.54) is 11.8 Å². The summed E-state index contributed by atoms with van der Waals surface area (Å²) >= 11 is 1.51. The van der Waals surface area contributed by atoms with Crippen molar-refractivity contribution in [3.05, 3.63) is 0 Å². The van der Waals surface area contributed by atoms with Gasteiger partial charge in [0.1, 0.15) is 5.60 Å². The normalized spacial score (nSPS) is 10.6. The Balaban J connectivity index is 3.48. The number of thioether (sulfide) groups is 1. The summed E-state index contributed by atoms with van der Waals surface area (Å²) in [7, 11) is 0. The summed E-state index contributed by atoms with van der Waals surface area (Å²) in [6.07, 6.45) is 5.77. The van der Waals surface area contributed by atoms with Crippen molar-refractivity contribution in [3.63, 3.8) is 0 Å². The maximum Gasteiger partial charge on any atom is 0.316 e. The van der Waals surface area contributed by atoms with Gasteiger partial charge in [-0.15, -0.1) is 24.1 Å². The Morgan fingerprint density at radius 3 is 2.62 bits per heavy atom. The lowest BCUT2D eigenvalue weighted by atomic mass is 10.2. The van der Waals surface area contributed by atoms with Gasteiger partial charge >= 0.3 is 5.97 Å². The molecular weight excluding hydrogens is 184 g/mol. The first-order valence-corrected chi connectivity index (χ1v) is 5.34. The van der Waals surface area contributed by atoms with E-state index in [1.54, 1.807) is 0 Å². The minimum atomic E-state index is -0.385. The second-order valence-corrected chi connectivity index (χ2v) is 4.70. The number of carbonyl (C=O) groups excluding carboxylic acids is 1. The highest BCUT2D eigenvalue weighted by molar-refractivity contribution is 7.99. The van der Waals surface area contributed by atoms with Crippen LogP contribution in [0.1, 0.15) is 27.2 Å². The van der Waals surface area contributed by atoms with Crippen LogP contribution in [0.4, 0.5) is 0 Å². The Kier molecular flexibility index (Phi) is 5.65. The molecule has 0 atom stereocenters. The number of hydrogen-bond acceptors (Lipinski definition) is 3. The third-order valence-electron chi connectivity index (χ3n) is 1.03. The zero-order valence-corrected chi connectivity index (χ0v) is 9.24. The molecule has 0 aliphatic rings. The highest BCUT2D eigenvalue weighted by Crippen LogP contribution is 2.10. The summed E-state index contributed by atoms with van der Waals surface area (Å²) < 4.78 is 5.11. The molecule has 0 saturated carbocycles. The van der Waals surface area contributed by atoms with E-state index >= 15 is 0 Å². The maximum absolute atomic E-state index is 11.1. The standard InChI is InChI=1S/C10H16O2S/c1-5-6-7-13-8-9(11)12-10(2,3)4/h1H,6-8H2,2-4H3. The van der Waals surface area contributed by atoms with Crippen molar-refractivity contribution in [1.29, 1.82) is 0 Å². The minimum absolute atomic E-state index is 0.172. The molecule has 2 nitrogen and oxygen atoms in total. The first-order chi connectivity index (χ1) is 5.95. The van der Waals surface area contributed by atoms with E-state index in [0.717, 1.165) is 5.75 Å². The molecule has 0 amide bonds. The second kappa shape index (κ2) is 5.93. The van der Waals surface area contributed by atoms with E-state index in [4.69, 9.17) is 11.2 Å². The fourth-order valence-corrected chi connectivity index (χ4v) is 1.29. The highest BCUT2D eigenvalue weighted by atomic mass is 32.2. The van der Waals surface area contributed by atoms with Gasteiger partial charge in [0.2, 0.25) is 0 Å². The number of hydrogen-bond donors (Lipinski definition) is 0. The first-order valence-electron chi connectivity index (χ1n) is 4.19. The van der Waals surface area contributed by atoms with Gasteiger partial charge in [0.25, 0.3) is 0 Å². The number of carbonyl (C=O) groups is 1. The monoisotopic (exact) mass is 200 g/mol. The number of rotatable bonds is 4. The Morgan fingerprint density at radius 2 is 2.15 bits per heavy atom. The summed E-state index contributed by atoms with van der Waals surface area (Å²) in [5.41, 5.74) is -0.385. The van der Waals surface area contributed by atoms with Crippen LogP contribution in [0.25, 0.3) is 0 Å². The third-order valence-corrected chi connectivity index (χ3v) is 1.96. The topological polar surface area (TPSA) is 26.3 Å². The zero-order chi connectivity index (χ0) is 10.3. The van der Waals surface area contributed by atoms with Crippen LogP contribution < -0.4 is 0 Å². The van der Waals surface area contributed by atoms with E-state index in [1.807, 2.05) is 20.8 Å². The molecule has 0 saturated heterocycles. The predicted molar refractivity (Wildman–Crippen MR) is 56.6 cm³/mol. The summed E-state index contributed by atoms with van der Waals surface area (Å²) in [5, 5.41) is 0. The molecule has 0 fully saturated rings. The van der Waals surface area contributed by atoms with Crippen LogP contribution in [-0.4, -0.2) is 23.1 Å². The van der Waals surface area contributed by atoms with Gasteiger partial charge in [-0.25, -0.2) is 0 Å². The van der Waals surface area contributed by atoms with Crippen LogP contribution in [0, 0.1) is 12.3 Å². The van der Waals surface area contributed by atoms with E-state index in [2.05, 4.69) is 5.92 Å². The SMILES string of the molecule is C#CCCSCC(=O)OC(C)(C)C. The van der Waals surface area contributed by atoms with Crippen LogP contribution in [0.15, 0.2) is 0 Å². The van der Waals surface area contributed by atoms with Gasteiger partial charge in [-0.2, -0.15) is 0 Å². The number of esters is 1. The van der Waals surface area contributed by atoms with Gasteiger partial charge in [-0.3, -0.25) is 4.79 Å². The fraction of sp³-hybridized carbons (Fsp3) is 0.700. The molecule has 13 heavy (non-hydrogen) atoms. The van der Waals surface area contributed by atoms with Crippen molar-refractivity contribution in [2.75, 3.05) is 11.5 Å². The summed E-state index contributed by atoms with van der Waals surface area (Å²) in [6.45, 7) is 5.57. The van der Waals surface area contributed by atoms with Crippen molar-refractivity contribution in [2.24, 2.45) is 0 Å². The second-order valence-electron chi connectivity index (χ2n) is 3.59. The number of ether oxygens (including phenoxy) is 1. The molecule has 0 unspecified atom stereocenters. The van der Waals surface area contributed by atoms with E-state index in [0.29, 0.717) is 12.2 Å². The molecule has 0 aromatic heterocycles. The smallest absolute Gasteiger partial charge is 0.316 e. The van der Waals surface area contributed by atoms with Crippen molar-refractivity contribution in [2.45, 2.75) is 32.8 Å². The Bertz CT molecular complexity index is 198. The lowest BCUT2D eigenvalue weighted by molar-refractivity contribution is -0.151. The molecule has 0 spiro atoms. The predicted octanol–water partition coefficient (Wildman–Crippen LogP) is 2.08. The average Bonchev–Trinajstić information content (AvgIpc) is 1.94. The van der Waals surface area contributed by atoms with Crippen LogP contribution in [0.2, 0.25) is 0 Å². The number of terminal acetylenes is 1. The Labute approximate surface area is 84.4 Å². The van der Waals surface area contributed by atoms with Crippen molar-refractivity contribution >= 4 is 17.7 Å². The molecule has 0 aliphatic heterocycles. The average molecular weight is 200 g/mol. The first kappa shape index (κ1) is 12.4. The summed E-state index contributed by atoms with van der Waals surface area (Å²) in [5.74, 6) is 3.55. The lowest BCUT2D eigenvalue weighted by Crippen LogP contribution is -2.25. The zero-order valence-electron chi connectivity index (χ0n) is 8.42. The van der Waals surface area contributed by atoms with Crippen molar-refractivity contribution in [1.82, 2.24) is 0 Å². The van der Waals surface area contributed by atoms with Gasteiger partial charge in [0, 0.05) is 12.2 Å². The van der Waals surface area contributed by atoms with Crippen LogP contribution >= 0.6 is 11.8 Å². The largest absolute Gasteiger partial charge is 0.459 e. The van der Waals surface area contributed by atoms with Gasteiger partial charge < -0.3 is 4.74 Å². The molecule has 0 N–H and O–H groups in total. The molecular formula is C10H16O2S. The molecule has 0 heterocycles. The third kappa shape index (κ3) is 9.29. The van der Waals surface area contributed by atoms with Crippen LogP contribution in [-0.2, 0) is 9.53 Å². The molecule has 0 radical (unpaired) electrons. The molecule has 0 aromatic rings. The maximum atomic E-state index is 11.1. The van der Waals surface area contributed by atoms with Gasteiger partial charge in [0.15, 0.2) is 0 Å². The van der Waals surface area contributed by atoms with Gasteiger partial charge in [-0.1, -0.05) is 0 Å². The molecule has 3 heteroatoms. The highest BCUT2D eigenvalue weighted by Gasteiger charge is 2.15. The quantitative estimate of drug-likeness (QED) is 0.395. The molecule has 0 aliphatic carbocycles. The van der Waals surface area contributed by atoms with Gasteiger partial charge in [0.05, 0.1) is 5.75 Å². The van der Waals surface area contributed by atoms with E-state index in [9.17, 15) is 4.79 Å². The molecule has 74 valence electrons. The molecule has 0 aromatic carbocycles. The Hall–Kier alpha value is -0.620. The van der Waals surface area contributed by atoms with Crippen LogP contribution in [0.3, 0.4) is 0 Å². The van der Waals surface area contributed by atoms with Crippen LogP contribution in [0.5, 0.6) is 0 Å². The van der Waals surface area contributed by atoms with E-state index in [-0.39, 0.29) is 11.6 Å². The minimum Gasteiger partial charge on any atom is -0.459 e. The Morgan fingerprint density at radius 1 is 1.54 bits per heavy atom. The van der Waals surface area contributed by atoms with E-state index < -0.39 is 0 Å². The van der Waals surface area contributed by atoms with Crippen molar-refractivity contribution < 1.29 is 9.53 Å². The summed E-state index contributed by atoms with van der Waals surface area (Å²) in [6, 6.07) is 0. The summed E-state index contributed by atoms with van der Waals surface area (Å²) in [4.78, 5) is 11.1. The van der Waals surface area contributed by atoms with Gasteiger partial charge in [-0.05, 0) is 20.8 Å². The molecule has 0 rings (SSSR count). The lowest BCUT2D eigenvalue weighted by Gasteiger charge is -2.19. The fourth-order valence-electron chi connectivity index (χ4n) is 0.658.